The number of amidine groups is 1. The number of hydrogen-bond acceptors (Lipinski definition) is 7. The third-order valence-electron chi connectivity index (χ3n) is 6.25. The first-order chi connectivity index (χ1) is 17.3. The normalized spacial score (nSPS) is 15.4. The summed E-state index contributed by atoms with van der Waals surface area (Å²) in [6.45, 7) is 3.59. The summed E-state index contributed by atoms with van der Waals surface area (Å²) >= 11 is 0. The summed E-state index contributed by atoms with van der Waals surface area (Å²) in [6, 6.07) is 16.3. The molecule has 0 aromatic heterocycles. The van der Waals surface area contributed by atoms with Crippen molar-refractivity contribution in [1.82, 2.24) is 26.9 Å². The van der Waals surface area contributed by atoms with Gasteiger partial charge >= 0.3 is 6.18 Å². The first-order valence-corrected chi connectivity index (χ1v) is 12.4. The molecular weight excluding hydrogens is 469 g/mol. The summed E-state index contributed by atoms with van der Waals surface area (Å²) in [5, 5.41) is 5.47. The van der Waals surface area contributed by atoms with Crippen molar-refractivity contribution in [2.45, 2.75) is 51.7 Å². The smallest absolute Gasteiger partial charge is 0.383 e. The Morgan fingerprint density at radius 3 is 2.42 bits per heavy atom. The van der Waals surface area contributed by atoms with Crippen LogP contribution in [-0.2, 0) is 11.2 Å². The molecule has 2 unspecified atom stereocenters. The Hall–Kier alpha value is -2.66. The Morgan fingerprint density at radius 2 is 1.81 bits per heavy atom. The Balaban J connectivity index is 1.71. The SMILES string of the molecule is CCCCC(NN(CCOC)CC(F)(F)F)C(C)Cc1ccc(-c2ccccc2C2=NNNN2)cc1. The molecular formula is C26H37F3N6O. The highest BCUT2D eigenvalue weighted by Crippen LogP contribution is 2.26. The zero-order valence-electron chi connectivity index (χ0n) is 21.2. The minimum absolute atomic E-state index is 0.0731. The Labute approximate surface area is 211 Å². The molecule has 0 fully saturated rings. The summed E-state index contributed by atoms with van der Waals surface area (Å²) in [7, 11) is 1.50. The highest BCUT2D eigenvalue weighted by molar-refractivity contribution is 6.04. The fourth-order valence-corrected chi connectivity index (χ4v) is 4.34. The van der Waals surface area contributed by atoms with Gasteiger partial charge in [-0.2, -0.15) is 13.2 Å². The third kappa shape index (κ3) is 8.48. The summed E-state index contributed by atoms with van der Waals surface area (Å²) in [5.74, 6) is 0.854. The third-order valence-corrected chi connectivity index (χ3v) is 6.25. The van der Waals surface area contributed by atoms with E-state index in [-0.39, 0.29) is 25.1 Å². The molecule has 0 bridgehead atoms. The highest BCUT2D eigenvalue weighted by Gasteiger charge is 2.32. The van der Waals surface area contributed by atoms with Crippen LogP contribution in [0.2, 0.25) is 0 Å². The second-order valence-electron chi connectivity index (χ2n) is 9.15. The molecule has 1 aliphatic heterocycles. The number of unbranched alkanes of at least 4 members (excludes halogenated alkanes) is 1. The van der Waals surface area contributed by atoms with Crippen LogP contribution in [-0.4, -0.2) is 49.9 Å². The number of nitrogens with one attached hydrogen (secondary N) is 4. The fourth-order valence-electron chi connectivity index (χ4n) is 4.34. The lowest BCUT2D eigenvalue weighted by molar-refractivity contribution is -0.156. The second-order valence-corrected chi connectivity index (χ2v) is 9.15. The van der Waals surface area contributed by atoms with Crippen LogP contribution in [0.1, 0.15) is 44.2 Å². The molecule has 198 valence electrons. The molecule has 0 saturated carbocycles. The Morgan fingerprint density at radius 1 is 1.08 bits per heavy atom. The molecule has 10 heteroatoms. The van der Waals surface area contributed by atoms with Crippen LogP contribution in [0.25, 0.3) is 11.1 Å². The summed E-state index contributed by atoms with van der Waals surface area (Å²) in [6.07, 6.45) is -0.778. The number of benzene rings is 2. The number of rotatable bonds is 14. The minimum Gasteiger partial charge on any atom is -0.383 e. The molecule has 1 heterocycles. The van der Waals surface area contributed by atoms with E-state index in [0.717, 1.165) is 47.9 Å². The van der Waals surface area contributed by atoms with Gasteiger partial charge in [0.25, 0.3) is 0 Å². The van der Waals surface area contributed by atoms with E-state index in [0.29, 0.717) is 5.84 Å². The molecule has 2 atom stereocenters. The maximum Gasteiger partial charge on any atom is 0.402 e. The summed E-state index contributed by atoms with van der Waals surface area (Å²) in [4.78, 5) is 0. The number of halogens is 3. The van der Waals surface area contributed by atoms with Gasteiger partial charge in [-0.15, -0.1) is 10.6 Å². The zero-order chi connectivity index (χ0) is 26.0. The lowest BCUT2D eigenvalue weighted by atomic mass is 9.90. The number of hydrazine groups is 3. The van der Waals surface area contributed by atoms with Gasteiger partial charge in [-0.1, -0.05) is 75.2 Å². The number of ether oxygens (including phenoxy) is 1. The van der Waals surface area contributed by atoms with Crippen LogP contribution in [0.5, 0.6) is 0 Å². The first kappa shape index (κ1) is 27.9. The van der Waals surface area contributed by atoms with Crippen LogP contribution in [0, 0.1) is 5.92 Å². The molecule has 7 nitrogen and oxygen atoms in total. The van der Waals surface area contributed by atoms with Gasteiger partial charge in [0, 0.05) is 25.3 Å². The molecule has 0 radical (unpaired) electrons. The monoisotopic (exact) mass is 506 g/mol. The van der Waals surface area contributed by atoms with E-state index in [1.165, 1.54) is 12.1 Å². The van der Waals surface area contributed by atoms with Gasteiger partial charge in [0.1, 0.15) is 6.54 Å². The summed E-state index contributed by atoms with van der Waals surface area (Å²) in [5.41, 5.74) is 15.9. The van der Waals surface area contributed by atoms with E-state index in [1.54, 1.807) is 0 Å². The van der Waals surface area contributed by atoms with Crippen molar-refractivity contribution < 1.29 is 17.9 Å². The van der Waals surface area contributed by atoms with Gasteiger partial charge < -0.3 is 4.74 Å². The van der Waals surface area contributed by atoms with Gasteiger partial charge in [0.2, 0.25) is 0 Å². The number of alkyl halides is 3. The van der Waals surface area contributed by atoms with Gasteiger partial charge in [0.15, 0.2) is 5.84 Å². The number of hydrazone groups is 1. The molecule has 0 aliphatic carbocycles. The quantitative estimate of drug-likeness (QED) is 0.285. The van der Waals surface area contributed by atoms with Crippen molar-refractivity contribution in [3.63, 3.8) is 0 Å². The van der Waals surface area contributed by atoms with E-state index >= 15 is 0 Å². The fraction of sp³-hybridized carbons (Fsp3) is 0.500. The number of hydrogen-bond donors (Lipinski definition) is 4. The topological polar surface area (TPSA) is 73.0 Å². The molecule has 1 aliphatic rings. The average Bonchev–Trinajstić information content (AvgIpc) is 3.39. The largest absolute Gasteiger partial charge is 0.402 e. The van der Waals surface area contributed by atoms with Gasteiger partial charge in [0.05, 0.1) is 6.61 Å². The lowest BCUT2D eigenvalue weighted by Gasteiger charge is -2.33. The molecule has 0 amide bonds. The van der Waals surface area contributed by atoms with Crippen molar-refractivity contribution >= 4 is 5.84 Å². The highest BCUT2D eigenvalue weighted by atomic mass is 19.4. The van der Waals surface area contributed by atoms with Crippen molar-refractivity contribution in [1.29, 1.82) is 0 Å². The van der Waals surface area contributed by atoms with E-state index < -0.39 is 12.7 Å². The molecule has 3 rings (SSSR count). The molecule has 2 aromatic carbocycles. The standard InChI is InChI=1S/C26H37F3N6O/c1-4-5-10-24(32-35(15-16-36-3)18-26(27,28)29)19(2)17-20-11-13-21(14-12-20)22-8-6-7-9-23(22)25-30-33-34-31-25/h6-9,11-14,19,24,32-34H,4-5,10,15-18H2,1-3H3,(H,30,31). The average molecular weight is 507 g/mol. The van der Waals surface area contributed by atoms with Crippen LogP contribution >= 0.6 is 0 Å². The maximum absolute atomic E-state index is 13.1. The molecule has 36 heavy (non-hydrogen) atoms. The molecule has 0 saturated heterocycles. The molecule has 4 N–H and O–H groups in total. The number of methoxy groups -OCH3 is 1. The summed E-state index contributed by atoms with van der Waals surface area (Å²) < 4.78 is 44.5. The minimum atomic E-state index is -4.28. The van der Waals surface area contributed by atoms with E-state index in [4.69, 9.17) is 4.74 Å². The zero-order valence-corrected chi connectivity index (χ0v) is 21.2. The van der Waals surface area contributed by atoms with Crippen LogP contribution in [0.3, 0.4) is 0 Å². The molecule has 2 aromatic rings. The van der Waals surface area contributed by atoms with Crippen molar-refractivity contribution in [3.05, 3.63) is 59.7 Å². The Kier molecular flexibility index (Phi) is 10.5. The van der Waals surface area contributed by atoms with Crippen molar-refractivity contribution in [2.24, 2.45) is 11.0 Å². The first-order valence-electron chi connectivity index (χ1n) is 12.4. The predicted octanol–water partition coefficient (Wildman–Crippen LogP) is 4.38. The van der Waals surface area contributed by atoms with E-state index in [1.807, 2.05) is 18.2 Å². The maximum atomic E-state index is 13.1. The number of nitrogens with zero attached hydrogens (tertiary/aromatic N) is 2. The lowest BCUT2D eigenvalue weighted by Crippen LogP contribution is -2.52. The predicted molar refractivity (Wildman–Crippen MR) is 137 cm³/mol. The van der Waals surface area contributed by atoms with Crippen molar-refractivity contribution in [3.8, 4) is 11.1 Å². The van der Waals surface area contributed by atoms with Crippen LogP contribution < -0.4 is 21.9 Å². The van der Waals surface area contributed by atoms with Crippen molar-refractivity contribution in [2.75, 3.05) is 26.8 Å². The Bertz CT molecular complexity index is 967. The van der Waals surface area contributed by atoms with Gasteiger partial charge in [-0.3, -0.25) is 10.9 Å². The second kappa shape index (κ2) is 13.6. The van der Waals surface area contributed by atoms with Crippen LogP contribution in [0.15, 0.2) is 53.6 Å². The van der Waals surface area contributed by atoms with Gasteiger partial charge in [-0.05, 0) is 35.4 Å². The van der Waals surface area contributed by atoms with Gasteiger partial charge in [-0.25, -0.2) is 10.5 Å². The molecule has 0 spiro atoms. The van der Waals surface area contributed by atoms with E-state index in [2.05, 4.69) is 71.2 Å². The van der Waals surface area contributed by atoms with E-state index in [9.17, 15) is 13.2 Å². The van der Waals surface area contributed by atoms with Crippen LogP contribution in [0.4, 0.5) is 13.2 Å².